The Hall–Kier alpha value is -4.84. The van der Waals surface area contributed by atoms with E-state index in [4.69, 9.17) is 9.84 Å². The second-order valence-corrected chi connectivity index (χ2v) is 11.2. The van der Waals surface area contributed by atoms with Gasteiger partial charge in [0.15, 0.2) is 11.6 Å². The Kier molecular flexibility index (Phi) is 7.90. The number of fused-ring (bicyclic) bond motifs is 1. The third-order valence-corrected chi connectivity index (χ3v) is 8.56. The summed E-state index contributed by atoms with van der Waals surface area (Å²) in [4.78, 5) is 24.1. The highest BCUT2D eigenvalue weighted by Gasteiger charge is 2.42. The number of para-hydroxylation sites is 1. The highest BCUT2D eigenvalue weighted by Crippen LogP contribution is 2.37. The summed E-state index contributed by atoms with van der Waals surface area (Å²) in [5.74, 6) is -4.50. The zero-order chi connectivity index (χ0) is 30.0. The van der Waals surface area contributed by atoms with Gasteiger partial charge in [0.1, 0.15) is 24.3 Å². The van der Waals surface area contributed by atoms with Crippen molar-refractivity contribution >= 4 is 27.6 Å². The van der Waals surface area contributed by atoms with Crippen LogP contribution in [0.25, 0.3) is 11.1 Å². The van der Waals surface area contributed by atoms with Crippen LogP contribution in [0.1, 0.15) is 15.9 Å². The van der Waals surface area contributed by atoms with Crippen molar-refractivity contribution in [3.63, 3.8) is 0 Å². The number of halogens is 3. The van der Waals surface area contributed by atoms with E-state index in [0.717, 1.165) is 28.6 Å². The van der Waals surface area contributed by atoms with E-state index in [1.165, 1.54) is 36.4 Å². The number of ether oxygens (including phenoxy) is 1. The van der Waals surface area contributed by atoms with Gasteiger partial charge >= 0.3 is 5.97 Å². The highest BCUT2D eigenvalue weighted by atomic mass is 32.2. The fourth-order valence-corrected chi connectivity index (χ4v) is 6.35. The molecule has 0 saturated carbocycles. The van der Waals surface area contributed by atoms with E-state index in [2.05, 4.69) is 5.32 Å². The van der Waals surface area contributed by atoms with Crippen LogP contribution in [0.3, 0.4) is 0 Å². The van der Waals surface area contributed by atoms with E-state index >= 15 is 0 Å². The minimum absolute atomic E-state index is 0.0857. The van der Waals surface area contributed by atoms with Crippen LogP contribution in [0.2, 0.25) is 0 Å². The van der Waals surface area contributed by atoms with Crippen molar-refractivity contribution in [1.82, 2.24) is 5.32 Å². The molecule has 1 atom stereocenters. The summed E-state index contributed by atoms with van der Waals surface area (Å²) >= 11 is 0. The predicted octanol–water partition coefficient (Wildman–Crippen LogP) is 4.78. The second kappa shape index (κ2) is 11.6. The number of amides is 1. The Morgan fingerprint density at radius 1 is 0.929 bits per heavy atom. The van der Waals surface area contributed by atoms with Crippen LogP contribution in [-0.4, -0.2) is 44.6 Å². The van der Waals surface area contributed by atoms with E-state index in [-0.39, 0.29) is 41.3 Å². The molecule has 4 aromatic rings. The molecule has 1 amide bonds. The molecule has 0 aromatic heterocycles. The molecule has 1 aliphatic rings. The molecule has 2 N–H and O–H groups in total. The summed E-state index contributed by atoms with van der Waals surface area (Å²) in [6, 6.07) is 17.2. The summed E-state index contributed by atoms with van der Waals surface area (Å²) in [7, 11) is -4.26. The lowest BCUT2D eigenvalue weighted by Crippen LogP contribution is -2.48. The lowest BCUT2D eigenvalue weighted by molar-refractivity contribution is -0.122. The molecular weight excluding hydrogens is 573 g/mol. The maximum atomic E-state index is 14.3. The van der Waals surface area contributed by atoms with Gasteiger partial charge in [-0.2, -0.15) is 0 Å². The van der Waals surface area contributed by atoms with Crippen molar-refractivity contribution in [3.05, 3.63) is 114 Å². The number of carbonyl (C=O) groups is 2. The normalized spacial score (nSPS) is 14.4. The summed E-state index contributed by atoms with van der Waals surface area (Å²) < 4.78 is 75.6. The van der Waals surface area contributed by atoms with Gasteiger partial charge in [-0.1, -0.05) is 30.3 Å². The van der Waals surface area contributed by atoms with Crippen molar-refractivity contribution in [2.24, 2.45) is 0 Å². The number of hydrogen-bond acceptors (Lipinski definition) is 5. The summed E-state index contributed by atoms with van der Waals surface area (Å²) in [5, 5.41) is 11.6. The molecule has 8 nitrogen and oxygen atoms in total. The van der Waals surface area contributed by atoms with Crippen LogP contribution in [0, 0.1) is 17.5 Å². The Labute approximate surface area is 239 Å². The van der Waals surface area contributed by atoms with Crippen LogP contribution >= 0.6 is 0 Å². The molecular formula is C30H23F3N2O6S. The van der Waals surface area contributed by atoms with Crippen molar-refractivity contribution in [3.8, 4) is 16.9 Å². The number of rotatable bonds is 9. The largest absolute Gasteiger partial charge is 0.489 e. The lowest BCUT2D eigenvalue weighted by Gasteiger charge is -2.26. The first-order valence-electron chi connectivity index (χ1n) is 12.7. The van der Waals surface area contributed by atoms with Crippen molar-refractivity contribution in [1.29, 1.82) is 0 Å². The van der Waals surface area contributed by atoms with E-state index in [9.17, 15) is 31.2 Å². The number of nitrogens with zero attached hydrogens (tertiary/aromatic N) is 1. The lowest BCUT2D eigenvalue weighted by atomic mass is 10.1. The van der Waals surface area contributed by atoms with E-state index in [1.807, 2.05) is 0 Å². The molecule has 0 unspecified atom stereocenters. The topological polar surface area (TPSA) is 113 Å². The molecule has 0 saturated heterocycles. The highest BCUT2D eigenvalue weighted by molar-refractivity contribution is 7.93. The van der Waals surface area contributed by atoms with E-state index in [1.54, 1.807) is 24.3 Å². The summed E-state index contributed by atoms with van der Waals surface area (Å²) in [6.07, 6.45) is 0.103. The second-order valence-electron chi connectivity index (χ2n) is 9.39. The van der Waals surface area contributed by atoms with Gasteiger partial charge < -0.3 is 15.2 Å². The third-order valence-electron chi connectivity index (χ3n) is 6.72. The molecule has 0 spiro atoms. The van der Waals surface area contributed by atoms with Gasteiger partial charge in [-0.15, -0.1) is 0 Å². The molecule has 1 aliphatic heterocycles. The minimum atomic E-state index is -4.26. The number of sulfonamides is 1. The van der Waals surface area contributed by atoms with Crippen LogP contribution in [0.5, 0.6) is 5.75 Å². The first kappa shape index (κ1) is 28.7. The molecule has 0 radical (unpaired) electrons. The number of anilines is 1. The molecule has 0 aliphatic carbocycles. The van der Waals surface area contributed by atoms with E-state index < -0.39 is 45.4 Å². The maximum absolute atomic E-state index is 14.3. The van der Waals surface area contributed by atoms with Crippen molar-refractivity contribution in [2.45, 2.75) is 17.4 Å². The van der Waals surface area contributed by atoms with Gasteiger partial charge in [0.05, 0.1) is 22.7 Å². The summed E-state index contributed by atoms with van der Waals surface area (Å²) in [5.41, 5.74) is 1.18. The van der Waals surface area contributed by atoms with Crippen LogP contribution < -0.4 is 14.4 Å². The van der Waals surface area contributed by atoms with Crippen LogP contribution in [0.4, 0.5) is 18.9 Å². The molecule has 216 valence electrons. The van der Waals surface area contributed by atoms with Gasteiger partial charge in [0.25, 0.3) is 10.0 Å². The predicted molar refractivity (Wildman–Crippen MR) is 147 cm³/mol. The Bertz CT molecular complexity index is 1780. The van der Waals surface area contributed by atoms with Gasteiger partial charge in [0.2, 0.25) is 5.91 Å². The first-order valence-corrected chi connectivity index (χ1v) is 14.1. The molecule has 12 heteroatoms. The maximum Gasteiger partial charge on any atom is 0.335 e. The zero-order valence-electron chi connectivity index (χ0n) is 21.8. The molecule has 0 bridgehead atoms. The quantitative estimate of drug-likeness (QED) is 0.269. The Morgan fingerprint density at radius 2 is 1.67 bits per heavy atom. The average Bonchev–Trinajstić information content (AvgIpc) is 3.37. The van der Waals surface area contributed by atoms with Crippen LogP contribution in [0.15, 0.2) is 89.8 Å². The Morgan fingerprint density at radius 3 is 2.36 bits per heavy atom. The first-order chi connectivity index (χ1) is 20.1. The van der Waals surface area contributed by atoms with Crippen LogP contribution in [-0.2, 0) is 21.2 Å². The number of carbonyl (C=O) groups excluding carboxylic acids is 1. The van der Waals surface area contributed by atoms with Gasteiger partial charge in [0, 0.05) is 18.1 Å². The van der Waals surface area contributed by atoms with E-state index in [0.29, 0.717) is 16.8 Å². The van der Waals surface area contributed by atoms with Crippen molar-refractivity contribution < 1.29 is 41.0 Å². The smallest absolute Gasteiger partial charge is 0.335 e. The number of hydrogen-bond donors (Lipinski definition) is 2. The van der Waals surface area contributed by atoms with Gasteiger partial charge in [-0.3, -0.25) is 9.10 Å². The minimum Gasteiger partial charge on any atom is -0.489 e. The Balaban J connectivity index is 1.32. The number of aromatic carboxylic acids is 1. The fourth-order valence-electron chi connectivity index (χ4n) is 4.70. The molecule has 5 rings (SSSR count). The zero-order valence-corrected chi connectivity index (χ0v) is 22.6. The molecule has 0 fully saturated rings. The van der Waals surface area contributed by atoms with Gasteiger partial charge in [-0.05, 0) is 59.7 Å². The fraction of sp³-hybridized carbons (Fsp3) is 0.133. The third kappa shape index (κ3) is 5.66. The number of carboxylic acid groups (broad SMARTS) is 1. The standard InChI is InChI=1S/C30H23F3N2O6S/c31-21-8-11-23(24(32)17-21)18-5-9-22(10-6-18)42(39,40)35-26-4-2-1-3-19(26)16-27(35)29(36)34-13-14-41-28-12-7-20(30(37)38)15-25(28)33/h1-12,15,17,27H,13-14,16H2,(H,34,36)(H,37,38)/t27-/m0/s1. The number of benzene rings is 4. The monoisotopic (exact) mass is 596 g/mol. The van der Waals surface area contributed by atoms with Gasteiger partial charge in [-0.25, -0.2) is 26.4 Å². The summed E-state index contributed by atoms with van der Waals surface area (Å²) in [6.45, 7) is -0.249. The van der Waals surface area contributed by atoms with Crippen molar-refractivity contribution in [2.75, 3.05) is 17.5 Å². The molecule has 1 heterocycles. The number of carboxylic acids is 1. The molecule has 42 heavy (non-hydrogen) atoms. The SMILES string of the molecule is O=C(O)c1ccc(OCCNC(=O)[C@@H]2Cc3ccccc3N2S(=O)(=O)c2ccc(-c3ccc(F)cc3F)cc2)c(F)c1. The number of nitrogens with one attached hydrogen (secondary N) is 1. The molecule has 4 aromatic carbocycles. The average molecular weight is 597 g/mol.